The molecule has 4 aromatic rings. The number of hydrogen-bond donors (Lipinski definition) is 1. The third-order valence-electron chi connectivity index (χ3n) is 6.88. The molecule has 4 aromatic carbocycles. The van der Waals surface area contributed by atoms with Crippen LogP contribution in [0.4, 0.5) is 10.1 Å². The molecule has 11 heteroatoms. The van der Waals surface area contributed by atoms with Crippen LogP contribution < -0.4 is 9.62 Å². The van der Waals surface area contributed by atoms with Gasteiger partial charge in [0.25, 0.3) is 10.0 Å². The average Bonchev–Trinajstić information content (AvgIpc) is 2.99. The second kappa shape index (κ2) is 14.0. The van der Waals surface area contributed by atoms with E-state index in [0.29, 0.717) is 10.6 Å². The van der Waals surface area contributed by atoms with Crippen LogP contribution >= 0.6 is 23.2 Å². The van der Waals surface area contributed by atoms with E-state index in [9.17, 15) is 22.4 Å². The Labute approximate surface area is 260 Å². The minimum Gasteiger partial charge on any atom is -0.357 e. The Bertz CT molecular complexity index is 1690. The van der Waals surface area contributed by atoms with Crippen LogP contribution in [0.15, 0.2) is 102 Å². The SMILES string of the molecule is CNC(=O)[C@@H](Cc1ccccc1)N(Cc1ccc(Cl)cc1Cl)C(=O)CN(c1ccc(F)cc1)S(=O)(=O)c1ccc(C)cc1. The Hall–Kier alpha value is -3.92. The Morgan fingerprint density at radius 2 is 1.56 bits per heavy atom. The maximum atomic E-state index is 14.3. The normalized spacial score (nSPS) is 11.9. The first-order valence-corrected chi connectivity index (χ1v) is 15.5. The smallest absolute Gasteiger partial charge is 0.264 e. The molecule has 4 rings (SSSR count). The lowest BCUT2D eigenvalue weighted by Gasteiger charge is -2.33. The number of likely N-dealkylation sites (N-methyl/N-ethyl adjacent to an activating group) is 1. The van der Waals surface area contributed by atoms with Crippen molar-refractivity contribution < 1.29 is 22.4 Å². The van der Waals surface area contributed by atoms with E-state index >= 15 is 0 Å². The van der Waals surface area contributed by atoms with Crippen LogP contribution in [0.1, 0.15) is 16.7 Å². The molecule has 0 aliphatic heterocycles. The van der Waals surface area contributed by atoms with Crippen LogP contribution in [0.2, 0.25) is 10.0 Å². The van der Waals surface area contributed by atoms with Crippen molar-refractivity contribution in [2.75, 3.05) is 17.9 Å². The molecule has 43 heavy (non-hydrogen) atoms. The van der Waals surface area contributed by atoms with Gasteiger partial charge in [-0.2, -0.15) is 0 Å². The van der Waals surface area contributed by atoms with Crippen molar-refractivity contribution in [2.24, 2.45) is 0 Å². The number of nitrogens with one attached hydrogen (secondary N) is 1. The molecule has 0 heterocycles. The van der Waals surface area contributed by atoms with Gasteiger partial charge in [-0.05, 0) is 66.6 Å². The number of sulfonamides is 1. The molecule has 0 unspecified atom stereocenters. The predicted octanol–water partition coefficient (Wildman–Crippen LogP) is 6.02. The number of anilines is 1. The highest BCUT2D eigenvalue weighted by molar-refractivity contribution is 7.92. The molecule has 0 fully saturated rings. The molecule has 2 amide bonds. The minimum atomic E-state index is -4.29. The Morgan fingerprint density at radius 3 is 2.16 bits per heavy atom. The second-order valence-corrected chi connectivity index (χ2v) is 12.6. The van der Waals surface area contributed by atoms with Crippen molar-refractivity contribution in [3.05, 3.63) is 130 Å². The second-order valence-electron chi connectivity index (χ2n) is 9.88. The van der Waals surface area contributed by atoms with E-state index in [4.69, 9.17) is 23.2 Å². The molecule has 1 atom stereocenters. The van der Waals surface area contributed by atoms with Crippen molar-refractivity contribution in [3.8, 4) is 0 Å². The van der Waals surface area contributed by atoms with Crippen LogP contribution in [-0.2, 0) is 32.6 Å². The van der Waals surface area contributed by atoms with Gasteiger partial charge in [-0.3, -0.25) is 13.9 Å². The summed E-state index contributed by atoms with van der Waals surface area (Å²) in [5, 5.41) is 3.30. The Balaban J connectivity index is 1.80. The first-order chi connectivity index (χ1) is 20.5. The number of benzene rings is 4. The minimum absolute atomic E-state index is 0.0466. The Kier molecular flexibility index (Phi) is 10.4. The lowest BCUT2D eigenvalue weighted by Crippen LogP contribution is -2.53. The lowest BCUT2D eigenvalue weighted by molar-refractivity contribution is -0.139. The highest BCUT2D eigenvalue weighted by atomic mass is 35.5. The fourth-order valence-electron chi connectivity index (χ4n) is 4.53. The molecular weight excluding hydrogens is 612 g/mol. The van der Waals surface area contributed by atoms with Gasteiger partial charge in [-0.15, -0.1) is 0 Å². The summed E-state index contributed by atoms with van der Waals surface area (Å²) < 4.78 is 42.6. The van der Waals surface area contributed by atoms with Gasteiger partial charge in [0.05, 0.1) is 10.6 Å². The van der Waals surface area contributed by atoms with Crippen molar-refractivity contribution in [2.45, 2.75) is 30.8 Å². The third kappa shape index (κ3) is 7.93. The molecule has 0 bridgehead atoms. The van der Waals surface area contributed by atoms with Gasteiger partial charge in [-0.25, -0.2) is 12.8 Å². The molecule has 1 N–H and O–H groups in total. The van der Waals surface area contributed by atoms with Crippen LogP contribution in [0.5, 0.6) is 0 Å². The summed E-state index contributed by atoms with van der Waals surface area (Å²) in [5.41, 5.74) is 2.23. The molecule has 0 aliphatic carbocycles. The first kappa shape index (κ1) is 32.0. The van der Waals surface area contributed by atoms with Crippen LogP contribution in [0, 0.1) is 12.7 Å². The fraction of sp³-hybridized carbons (Fsp3) is 0.188. The van der Waals surface area contributed by atoms with Crippen molar-refractivity contribution in [3.63, 3.8) is 0 Å². The van der Waals surface area contributed by atoms with E-state index in [1.807, 2.05) is 37.3 Å². The molecule has 0 radical (unpaired) electrons. The number of aryl methyl sites for hydroxylation is 1. The lowest BCUT2D eigenvalue weighted by atomic mass is 10.0. The summed E-state index contributed by atoms with van der Waals surface area (Å²) in [7, 11) is -2.83. The number of carbonyl (C=O) groups is 2. The zero-order valence-corrected chi connectivity index (χ0v) is 25.8. The summed E-state index contributed by atoms with van der Waals surface area (Å²) in [6.45, 7) is 1.04. The maximum absolute atomic E-state index is 14.3. The van der Waals surface area contributed by atoms with Gasteiger partial charge in [0.1, 0.15) is 18.4 Å². The third-order valence-corrected chi connectivity index (χ3v) is 9.25. The van der Waals surface area contributed by atoms with E-state index in [-0.39, 0.29) is 28.6 Å². The maximum Gasteiger partial charge on any atom is 0.264 e. The summed E-state index contributed by atoms with van der Waals surface area (Å²) >= 11 is 12.6. The summed E-state index contributed by atoms with van der Waals surface area (Å²) in [5.74, 6) is -1.68. The topological polar surface area (TPSA) is 86.8 Å². The Morgan fingerprint density at radius 1 is 0.907 bits per heavy atom. The van der Waals surface area contributed by atoms with E-state index in [2.05, 4.69) is 5.32 Å². The number of amides is 2. The van der Waals surface area contributed by atoms with Gasteiger partial charge in [0, 0.05) is 30.1 Å². The zero-order valence-electron chi connectivity index (χ0n) is 23.5. The molecule has 0 saturated heterocycles. The van der Waals surface area contributed by atoms with Gasteiger partial charge in [-0.1, -0.05) is 77.3 Å². The number of rotatable bonds is 11. The van der Waals surface area contributed by atoms with Gasteiger partial charge in [0.2, 0.25) is 11.8 Å². The van der Waals surface area contributed by atoms with Gasteiger partial charge >= 0.3 is 0 Å². The molecule has 7 nitrogen and oxygen atoms in total. The number of halogens is 3. The number of hydrogen-bond acceptors (Lipinski definition) is 4. The molecule has 0 spiro atoms. The molecular formula is C32H30Cl2FN3O4S. The average molecular weight is 643 g/mol. The largest absolute Gasteiger partial charge is 0.357 e. The van der Waals surface area contributed by atoms with Crippen LogP contribution in [0.25, 0.3) is 0 Å². The molecule has 224 valence electrons. The van der Waals surface area contributed by atoms with E-state index in [1.54, 1.807) is 24.3 Å². The standard InChI is InChI=1S/C32H30Cl2FN3O4S/c1-22-8-16-28(17-9-22)43(41,42)38(27-14-12-26(35)13-15-27)21-31(39)37(20-24-10-11-25(33)19-29(24)34)30(32(40)36-2)18-23-6-4-3-5-7-23/h3-17,19,30H,18,20-21H2,1-2H3,(H,36,40)/t30-/m1/s1. The van der Waals surface area contributed by atoms with E-state index in [0.717, 1.165) is 27.6 Å². The fourth-order valence-corrected chi connectivity index (χ4v) is 6.41. The van der Waals surface area contributed by atoms with Crippen molar-refractivity contribution in [1.29, 1.82) is 0 Å². The molecule has 0 aromatic heterocycles. The van der Waals surface area contributed by atoms with Crippen LogP contribution in [-0.4, -0.2) is 44.8 Å². The van der Waals surface area contributed by atoms with Gasteiger partial charge < -0.3 is 10.2 Å². The molecule has 0 aliphatic rings. The number of carbonyl (C=O) groups excluding carboxylic acids is 2. The van der Waals surface area contributed by atoms with Crippen molar-refractivity contribution in [1.82, 2.24) is 10.2 Å². The zero-order chi connectivity index (χ0) is 31.1. The quantitative estimate of drug-likeness (QED) is 0.217. The molecule has 0 saturated carbocycles. The monoisotopic (exact) mass is 641 g/mol. The van der Waals surface area contributed by atoms with Gasteiger partial charge in [0.15, 0.2) is 0 Å². The van der Waals surface area contributed by atoms with E-state index < -0.39 is 40.2 Å². The summed E-state index contributed by atoms with van der Waals surface area (Å²) in [4.78, 5) is 28.8. The van der Waals surface area contributed by atoms with Crippen LogP contribution in [0.3, 0.4) is 0 Å². The first-order valence-electron chi connectivity index (χ1n) is 13.3. The van der Waals surface area contributed by atoms with Crippen molar-refractivity contribution >= 4 is 50.7 Å². The highest BCUT2D eigenvalue weighted by Gasteiger charge is 2.34. The number of nitrogens with zero attached hydrogens (tertiary/aromatic N) is 2. The predicted molar refractivity (Wildman–Crippen MR) is 167 cm³/mol. The highest BCUT2D eigenvalue weighted by Crippen LogP contribution is 2.27. The summed E-state index contributed by atoms with van der Waals surface area (Å²) in [6, 6.07) is 23.9. The van der Waals surface area contributed by atoms with E-state index in [1.165, 1.54) is 42.3 Å². The summed E-state index contributed by atoms with van der Waals surface area (Å²) in [6.07, 6.45) is 0.152.